The molecule has 1 aromatic carbocycles. The Morgan fingerprint density at radius 3 is 2.81 bits per heavy atom. The summed E-state index contributed by atoms with van der Waals surface area (Å²) in [7, 11) is 0. The van der Waals surface area contributed by atoms with Gasteiger partial charge in [0, 0.05) is 17.8 Å². The molecule has 0 bridgehead atoms. The number of amides is 1. The fraction of sp³-hybridized carbons (Fsp3) is 0.250. The van der Waals surface area contributed by atoms with Gasteiger partial charge in [0.25, 0.3) is 5.91 Å². The van der Waals surface area contributed by atoms with Crippen molar-refractivity contribution in [2.45, 2.75) is 27.3 Å². The number of pyridine rings is 1. The van der Waals surface area contributed by atoms with E-state index in [9.17, 15) is 9.18 Å². The molecule has 32 heavy (non-hydrogen) atoms. The fourth-order valence-corrected chi connectivity index (χ4v) is 3.01. The molecule has 168 valence electrons. The number of carbonyl (C=O) groups excluding carboxylic acids is 1. The lowest BCUT2D eigenvalue weighted by Gasteiger charge is -2.12. The van der Waals surface area contributed by atoms with Crippen molar-refractivity contribution in [1.29, 1.82) is 0 Å². The molecular weight excluding hydrogens is 411 g/mol. The van der Waals surface area contributed by atoms with Crippen LogP contribution >= 0.6 is 0 Å². The fourth-order valence-electron chi connectivity index (χ4n) is 3.01. The van der Waals surface area contributed by atoms with Gasteiger partial charge in [-0.2, -0.15) is 0 Å². The number of carbonyl (C=O) groups is 1. The minimum atomic E-state index is -0.546. The Labute approximate surface area is 187 Å². The SMILES string of the molecule is C#CCn1c(C(=O)NOCCOC=C)c(Nc2ccc(C)cc2F)c2cnccc21.CC. The Morgan fingerprint density at radius 2 is 2.12 bits per heavy atom. The summed E-state index contributed by atoms with van der Waals surface area (Å²) in [4.78, 5) is 22.3. The molecule has 0 aliphatic heterocycles. The molecule has 8 heteroatoms. The van der Waals surface area contributed by atoms with Gasteiger partial charge in [0.1, 0.15) is 24.7 Å². The third kappa shape index (κ3) is 5.65. The van der Waals surface area contributed by atoms with Crippen LogP contribution in [0.4, 0.5) is 15.8 Å². The second-order valence-electron chi connectivity index (χ2n) is 6.33. The van der Waals surface area contributed by atoms with E-state index in [1.165, 1.54) is 12.3 Å². The topological polar surface area (TPSA) is 77.4 Å². The van der Waals surface area contributed by atoms with Gasteiger partial charge in [-0.3, -0.25) is 14.6 Å². The molecule has 3 aromatic rings. The zero-order chi connectivity index (χ0) is 23.5. The van der Waals surface area contributed by atoms with Crippen LogP contribution in [-0.2, 0) is 16.1 Å². The first-order chi connectivity index (χ1) is 15.6. The largest absolute Gasteiger partial charge is 0.499 e. The van der Waals surface area contributed by atoms with Gasteiger partial charge in [-0.05, 0) is 30.7 Å². The molecule has 0 unspecified atom stereocenters. The predicted molar refractivity (Wildman–Crippen MR) is 124 cm³/mol. The summed E-state index contributed by atoms with van der Waals surface area (Å²) in [5.41, 5.74) is 4.62. The van der Waals surface area contributed by atoms with Gasteiger partial charge < -0.3 is 14.6 Å². The van der Waals surface area contributed by atoms with Crippen LogP contribution in [0.1, 0.15) is 29.9 Å². The number of ether oxygens (including phenoxy) is 1. The van der Waals surface area contributed by atoms with Crippen molar-refractivity contribution in [3.8, 4) is 12.3 Å². The second kappa shape index (κ2) is 12.1. The average molecular weight is 439 g/mol. The van der Waals surface area contributed by atoms with Crippen molar-refractivity contribution in [3.05, 3.63) is 66.6 Å². The number of aryl methyl sites for hydroxylation is 1. The van der Waals surface area contributed by atoms with E-state index in [0.29, 0.717) is 16.6 Å². The maximum Gasteiger partial charge on any atom is 0.293 e. The lowest BCUT2D eigenvalue weighted by Crippen LogP contribution is -2.28. The number of fused-ring (bicyclic) bond motifs is 1. The van der Waals surface area contributed by atoms with Crippen LogP contribution in [0.5, 0.6) is 0 Å². The Bertz CT molecular complexity index is 1120. The van der Waals surface area contributed by atoms with Crippen LogP contribution in [0.15, 0.2) is 49.5 Å². The number of hydrogen-bond acceptors (Lipinski definition) is 5. The van der Waals surface area contributed by atoms with Crippen LogP contribution in [0, 0.1) is 25.1 Å². The highest BCUT2D eigenvalue weighted by Crippen LogP contribution is 2.34. The number of nitrogens with one attached hydrogen (secondary N) is 2. The van der Waals surface area contributed by atoms with E-state index in [-0.39, 0.29) is 31.1 Å². The Morgan fingerprint density at radius 1 is 1.34 bits per heavy atom. The van der Waals surface area contributed by atoms with Crippen molar-refractivity contribution < 1.29 is 18.8 Å². The van der Waals surface area contributed by atoms with Crippen molar-refractivity contribution in [2.75, 3.05) is 18.5 Å². The standard InChI is InChI=1S/C22H21FN4O3.C2H6/c1-4-10-27-19-8-9-24-14-16(19)20(25-18-7-6-15(3)13-17(18)23)21(27)22(28)26-30-12-11-29-5-2;1-2/h1,5-9,13-14,25H,2,10-12H2,3H3,(H,26,28);1-2H3. The summed E-state index contributed by atoms with van der Waals surface area (Å²) in [6, 6.07) is 6.52. The van der Waals surface area contributed by atoms with E-state index in [1.807, 2.05) is 13.8 Å². The van der Waals surface area contributed by atoms with Crippen molar-refractivity contribution in [1.82, 2.24) is 15.0 Å². The van der Waals surface area contributed by atoms with Crippen LogP contribution in [-0.4, -0.2) is 28.7 Å². The molecule has 0 spiro atoms. The van der Waals surface area contributed by atoms with Crippen molar-refractivity contribution in [2.24, 2.45) is 0 Å². The van der Waals surface area contributed by atoms with E-state index in [4.69, 9.17) is 16.0 Å². The smallest absolute Gasteiger partial charge is 0.293 e. The highest BCUT2D eigenvalue weighted by Gasteiger charge is 2.24. The van der Waals surface area contributed by atoms with E-state index in [0.717, 1.165) is 5.56 Å². The normalized spacial score (nSPS) is 9.97. The van der Waals surface area contributed by atoms with Gasteiger partial charge in [0.15, 0.2) is 0 Å². The third-order valence-electron chi connectivity index (χ3n) is 4.30. The number of hydrogen-bond donors (Lipinski definition) is 2. The van der Waals surface area contributed by atoms with Crippen molar-refractivity contribution >= 4 is 28.2 Å². The van der Waals surface area contributed by atoms with Crippen LogP contribution in [0.3, 0.4) is 0 Å². The first-order valence-electron chi connectivity index (χ1n) is 10.1. The summed E-state index contributed by atoms with van der Waals surface area (Å²) in [6.45, 7) is 9.69. The molecule has 1 amide bonds. The number of terminal acetylenes is 1. The molecule has 0 atom stereocenters. The number of anilines is 2. The van der Waals surface area contributed by atoms with Gasteiger partial charge in [-0.15, -0.1) is 6.42 Å². The lowest BCUT2D eigenvalue weighted by molar-refractivity contribution is 0.0140. The molecule has 0 fully saturated rings. The molecule has 2 N–H and O–H groups in total. The number of nitrogens with zero attached hydrogens (tertiary/aromatic N) is 2. The zero-order valence-electron chi connectivity index (χ0n) is 18.4. The maximum absolute atomic E-state index is 14.5. The van der Waals surface area contributed by atoms with E-state index in [2.05, 4.69) is 28.3 Å². The van der Waals surface area contributed by atoms with Crippen LogP contribution < -0.4 is 10.8 Å². The Balaban J connectivity index is 0.00000176. The number of rotatable bonds is 9. The Hall–Kier alpha value is -3.83. The van der Waals surface area contributed by atoms with Crippen LogP contribution in [0.25, 0.3) is 10.9 Å². The van der Waals surface area contributed by atoms with E-state index >= 15 is 0 Å². The number of benzene rings is 1. The first-order valence-corrected chi connectivity index (χ1v) is 10.1. The van der Waals surface area contributed by atoms with Gasteiger partial charge in [-0.25, -0.2) is 9.87 Å². The summed E-state index contributed by atoms with van der Waals surface area (Å²) in [5, 5.41) is 3.64. The third-order valence-corrected chi connectivity index (χ3v) is 4.30. The van der Waals surface area contributed by atoms with Crippen molar-refractivity contribution in [3.63, 3.8) is 0 Å². The summed E-state index contributed by atoms with van der Waals surface area (Å²) in [5.74, 6) is 1.55. The summed E-state index contributed by atoms with van der Waals surface area (Å²) >= 11 is 0. The quantitative estimate of drug-likeness (QED) is 0.219. The molecule has 0 saturated heterocycles. The number of halogens is 1. The molecule has 0 aliphatic carbocycles. The second-order valence-corrected chi connectivity index (χ2v) is 6.33. The monoisotopic (exact) mass is 438 g/mol. The maximum atomic E-state index is 14.5. The zero-order valence-corrected chi connectivity index (χ0v) is 18.4. The van der Waals surface area contributed by atoms with E-state index < -0.39 is 11.7 Å². The highest BCUT2D eigenvalue weighted by molar-refractivity contribution is 6.09. The summed E-state index contributed by atoms with van der Waals surface area (Å²) < 4.78 is 21.1. The molecule has 7 nitrogen and oxygen atoms in total. The van der Waals surface area contributed by atoms with Gasteiger partial charge in [0.05, 0.1) is 29.7 Å². The number of aromatic nitrogens is 2. The average Bonchev–Trinajstić information content (AvgIpc) is 3.10. The predicted octanol–water partition coefficient (Wildman–Crippen LogP) is 4.71. The highest BCUT2D eigenvalue weighted by atomic mass is 19.1. The first kappa shape index (κ1) is 24.4. The molecular formula is C24H27FN4O3. The minimum Gasteiger partial charge on any atom is -0.499 e. The van der Waals surface area contributed by atoms with Crippen LogP contribution in [0.2, 0.25) is 0 Å². The molecule has 2 aromatic heterocycles. The van der Waals surface area contributed by atoms with Gasteiger partial charge >= 0.3 is 0 Å². The Kier molecular flexibility index (Phi) is 9.26. The minimum absolute atomic E-state index is 0.115. The number of hydroxylamine groups is 1. The molecule has 0 aliphatic rings. The van der Waals surface area contributed by atoms with E-state index in [1.54, 1.807) is 42.1 Å². The molecule has 2 heterocycles. The lowest BCUT2D eigenvalue weighted by atomic mass is 10.2. The molecule has 0 saturated carbocycles. The van der Waals surface area contributed by atoms with Gasteiger partial charge in [-0.1, -0.05) is 32.4 Å². The van der Waals surface area contributed by atoms with Gasteiger partial charge in [0.2, 0.25) is 0 Å². The molecule has 0 radical (unpaired) electrons. The summed E-state index contributed by atoms with van der Waals surface area (Å²) in [6.07, 6.45) is 9.98. The molecule has 3 rings (SSSR count).